The molecule has 1 atom stereocenters. The fourth-order valence-electron chi connectivity index (χ4n) is 3.51. The van der Waals surface area contributed by atoms with Crippen LogP contribution in [0.25, 0.3) is 0 Å². The van der Waals surface area contributed by atoms with Crippen LogP contribution in [0.4, 0.5) is 13.2 Å². The Kier molecular flexibility index (Phi) is 6.89. The number of halogens is 3. The zero-order chi connectivity index (χ0) is 21.8. The van der Waals surface area contributed by atoms with Crippen molar-refractivity contribution in [3.63, 3.8) is 0 Å². The van der Waals surface area contributed by atoms with Gasteiger partial charge in [0.25, 0.3) is 0 Å². The van der Waals surface area contributed by atoms with Gasteiger partial charge in [-0.2, -0.15) is 0 Å². The number of sulfonamides is 1. The average molecular weight is 444 g/mol. The summed E-state index contributed by atoms with van der Waals surface area (Å²) >= 11 is 0. The van der Waals surface area contributed by atoms with Gasteiger partial charge in [0.15, 0.2) is 0 Å². The number of nitrogens with zero attached hydrogens (tertiary/aromatic N) is 1. The molecule has 1 unspecified atom stereocenters. The molecule has 0 spiro atoms. The van der Waals surface area contributed by atoms with Gasteiger partial charge < -0.3 is 9.47 Å². The Balaban J connectivity index is 1.84. The van der Waals surface area contributed by atoms with Gasteiger partial charge in [-0.1, -0.05) is 24.3 Å². The van der Waals surface area contributed by atoms with E-state index in [1.807, 2.05) is 18.2 Å². The molecule has 164 valence electrons. The molecule has 0 saturated carbocycles. The highest BCUT2D eigenvalue weighted by molar-refractivity contribution is 7.89. The molecule has 0 aromatic heterocycles. The molecule has 0 aliphatic carbocycles. The van der Waals surface area contributed by atoms with E-state index in [9.17, 15) is 21.6 Å². The highest BCUT2D eigenvalue weighted by Crippen LogP contribution is 2.31. The number of likely N-dealkylation sites (tertiary alicyclic amines) is 1. The van der Waals surface area contributed by atoms with Gasteiger partial charge in [-0.25, -0.2) is 13.1 Å². The average Bonchev–Trinajstić information content (AvgIpc) is 3.22. The molecule has 1 N–H and O–H groups in total. The molecule has 2 aromatic rings. The predicted octanol–water partition coefficient (Wildman–Crippen LogP) is 3.71. The maximum Gasteiger partial charge on any atom is 0.573 e. The highest BCUT2D eigenvalue weighted by atomic mass is 32.2. The number of methoxy groups -OCH3 is 1. The maximum atomic E-state index is 12.8. The van der Waals surface area contributed by atoms with E-state index in [-0.39, 0.29) is 12.6 Å². The minimum absolute atomic E-state index is 0.00411. The van der Waals surface area contributed by atoms with Crippen molar-refractivity contribution in [3.05, 3.63) is 54.1 Å². The van der Waals surface area contributed by atoms with Gasteiger partial charge in [-0.15, -0.1) is 13.2 Å². The van der Waals surface area contributed by atoms with Gasteiger partial charge in [-0.3, -0.25) is 4.90 Å². The lowest BCUT2D eigenvalue weighted by molar-refractivity contribution is -0.275. The first kappa shape index (κ1) is 22.4. The van der Waals surface area contributed by atoms with Gasteiger partial charge in [0.2, 0.25) is 10.0 Å². The summed E-state index contributed by atoms with van der Waals surface area (Å²) in [5.41, 5.74) is 0.860. The molecule has 0 amide bonds. The van der Waals surface area contributed by atoms with Gasteiger partial charge in [-0.05, 0) is 55.8 Å². The van der Waals surface area contributed by atoms with Crippen molar-refractivity contribution >= 4 is 10.0 Å². The predicted molar refractivity (Wildman–Crippen MR) is 105 cm³/mol. The second kappa shape index (κ2) is 9.23. The van der Waals surface area contributed by atoms with E-state index in [1.165, 1.54) is 12.1 Å². The van der Waals surface area contributed by atoms with Gasteiger partial charge in [0.1, 0.15) is 16.4 Å². The number of nitrogens with one attached hydrogen (secondary N) is 1. The molecule has 1 saturated heterocycles. The van der Waals surface area contributed by atoms with Crippen LogP contribution in [0.5, 0.6) is 11.5 Å². The second-order valence-electron chi connectivity index (χ2n) is 6.88. The van der Waals surface area contributed by atoms with Crippen molar-refractivity contribution in [3.8, 4) is 11.5 Å². The van der Waals surface area contributed by atoms with Gasteiger partial charge >= 0.3 is 6.36 Å². The first-order chi connectivity index (χ1) is 14.2. The van der Waals surface area contributed by atoms with Gasteiger partial charge in [0, 0.05) is 12.6 Å². The maximum absolute atomic E-state index is 12.8. The minimum Gasteiger partial charge on any atom is -0.497 e. The van der Waals surface area contributed by atoms with Crippen molar-refractivity contribution in [1.82, 2.24) is 9.62 Å². The van der Waals surface area contributed by atoms with Crippen molar-refractivity contribution in [2.45, 2.75) is 30.1 Å². The second-order valence-corrected chi connectivity index (χ2v) is 8.62. The number of para-hydroxylation sites is 1. The Hall–Kier alpha value is -2.30. The van der Waals surface area contributed by atoms with Crippen LogP contribution < -0.4 is 14.2 Å². The Morgan fingerprint density at radius 1 is 1.10 bits per heavy atom. The summed E-state index contributed by atoms with van der Waals surface area (Å²) in [5.74, 6) is -0.125. The molecule has 3 rings (SSSR count). The highest BCUT2D eigenvalue weighted by Gasteiger charge is 2.34. The summed E-state index contributed by atoms with van der Waals surface area (Å²) in [6.07, 6.45) is -3.00. The van der Waals surface area contributed by atoms with Crippen LogP contribution >= 0.6 is 0 Å². The number of ether oxygens (including phenoxy) is 2. The minimum atomic E-state index is -5.00. The van der Waals surface area contributed by atoms with Crippen molar-refractivity contribution in [2.24, 2.45) is 0 Å². The first-order valence-electron chi connectivity index (χ1n) is 9.42. The summed E-state index contributed by atoms with van der Waals surface area (Å²) in [7, 11) is -2.70. The Labute approximate surface area is 173 Å². The Bertz CT molecular complexity index is 961. The number of alkyl halides is 3. The molecule has 1 fully saturated rings. The van der Waals surface area contributed by atoms with E-state index < -0.39 is 27.0 Å². The third-order valence-electron chi connectivity index (χ3n) is 4.89. The molecule has 1 heterocycles. The monoisotopic (exact) mass is 444 g/mol. The van der Waals surface area contributed by atoms with Crippen LogP contribution in [0.2, 0.25) is 0 Å². The number of benzene rings is 2. The van der Waals surface area contributed by atoms with Crippen LogP contribution in [-0.4, -0.2) is 46.4 Å². The number of rotatable bonds is 8. The van der Waals surface area contributed by atoms with Crippen LogP contribution in [0, 0.1) is 0 Å². The smallest absolute Gasteiger partial charge is 0.497 e. The number of hydrogen-bond acceptors (Lipinski definition) is 5. The molecule has 1 aliphatic rings. The quantitative estimate of drug-likeness (QED) is 0.673. The largest absolute Gasteiger partial charge is 0.573 e. The van der Waals surface area contributed by atoms with E-state index in [4.69, 9.17) is 4.74 Å². The van der Waals surface area contributed by atoms with Crippen LogP contribution in [-0.2, 0) is 10.0 Å². The molecule has 6 nitrogen and oxygen atoms in total. The summed E-state index contributed by atoms with van der Waals surface area (Å²) in [5, 5.41) is 0. The zero-order valence-electron chi connectivity index (χ0n) is 16.4. The Morgan fingerprint density at radius 2 is 1.80 bits per heavy atom. The third-order valence-corrected chi connectivity index (χ3v) is 6.35. The van der Waals surface area contributed by atoms with Crippen molar-refractivity contribution in [1.29, 1.82) is 0 Å². The fraction of sp³-hybridized carbons (Fsp3) is 0.400. The van der Waals surface area contributed by atoms with E-state index >= 15 is 0 Å². The molecule has 30 heavy (non-hydrogen) atoms. The topological polar surface area (TPSA) is 67.9 Å². The summed E-state index contributed by atoms with van der Waals surface area (Å²) in [4.78, 5) is 1.59. The van der Waals surface area contributed by atoms with Gasteiger partial charge in [0.05, 0.1) is 7.11 Å². The summed E-state index contributed by atoms with van der Waals surface area (Å²) in [6.45, 7) is 1.60. The Morgan fingerprint density at radius 3 is 2.47 bits per heavy atom. The molecular weight excluding hydrogens is 421 g/mol. The van der Waals surface area contributed by atoms with E-state index in [2.05, 4.69) is 14.4 Å². The fourth-order valence-corrected chi connectivity index (χ4v) is 4.67. The van der Waals surface area contributed by atoms with Crippen molar-refractivity contribution in [2.75, 3.05) is 26.7 Å². The molecular formula is C20H23F3N2O4S. The molecule has 10 heteroatoms. The third kappa shape index (κ3) is 5.65. The van der Waals surface area contributed by atoms with E-state index in [1.54, 1.807) is 13.2 Å². The SMILES string of the molecule is COc1cccc(C(CNS(=O)(=O)c2ccccc2OC(F)(F)F)N2CCCC2)c1. The summed E-state index contributed by atoms with van der Waals surface area (Å²) in [6, 6.07) is 11.7. The summed E-state index contributed by atoms with van der Waals surface area (Å²) < 4.78 is 75.2. The molecule has 2 aromatic carbocycles. The standard InChI is InChI=1S/C20H23F3N2O4S/c1-28-16-8-6-7-15(13-16)17(25-11-4-5-12-25)14-24-30(26,27)19-10-3-2-9-18(19)29-20(21,22)23/h2-3,6-10,13,17,24H,4-5,11-12,14H2,1H3. The molecule has 1 aliphatic heterocycles. The molecule has 0 radical (unpaired) electrons. The molecule has 0 bridgehead atoms. The lowest BCUT2D eigenvalue weighted by Crippen LogP contribution is -2.37. The van der Waals surface area contributed by atoms with E-state index in [0.717, 1.165) is 43.6 Å². The number of hydrogen-bond donors (Lipinski definition) is 1. The van der Waals surface area contributed by atoms with Crippen molar-refractivity contribution < 1.29 is 31.1 Å². The zero-order valence-corrected chi connectivity index (χ0v) is 17.2. The first-order valence-corrected chi connectivity index (χ1v) is 10.9. The van der Waals surface area contributed by atoms with E-state index in [0.29, 0.717) is 5.75 Å². The van der Waals surface area contributed by atoms with Crippen LogP contribution in [0.15, 0.2) is 53.4 Å². The lowest BCUT2D eigenvalue weighted by atomic mass is 10.1. The van der Waals surface area contributed by atoms with Crippen LogP contribution in [0.3, 0.4) is 0 Å². The van der Waals surface area contributed by atoms with Crippen LogP contribution in [0.1, 0.15) is 24.4 Å². The lowest BCUT2D eigenvalue weighted by Gasteiger charge is -2.28. The normalized spacial score (nSPS) is 16.4.